The zero-order chi connectivity index (χ0) is 11.0. The van der Waals surface area contributed by atoms with E-state index in [9.17, 15) is 4.79 Å². The van der Waals surface area contributed by atoms with E-state index in [1.807, 2.05) is 4.90 Å². The van der Waals surface area contributed by atoms with Gasteiger partial charge in [-0.1, -0.05) is 0 Å². The Labute approximate surface area is 107 Å². The second-order valence-electron chi connectivity index (χ2n) is 4.63. The Hall–Kier alpha value is -1.00. The fourth-order valence-corrected chi connectivity index (χ4v) is 2.79. The third kappa shape index (κ3) is 2.33. The highest BCUT2D eigenvalue weighted by molar-refractivity contribution is 5.91. The maximum atomic E-state index is 12.1. The first kappa shape index (κ1) is 12.5. The van der Waals surface area contributed by atoms with Crippen molar-refractivity contribution in [2.75, 3.05) is 19.6 Å². The van der Waals surface area contributed by atoms with Crippen LogP contribution in [0.1, 0.15) is 23.4 Å². The van der Waals surface area contributed by atoms with Crippen LogP contribution >= 0.6 is 12.4 Å². The molecule has 1 aromatic heterocycles. The van der Waals surface area contributed by atoms with E-state index >= 15 is 0 Å². The molecular formula is C12H17ClN2O2. The third-order valence-corrected chi connectivity index (χ3v) is 3.67. The average molecular weight is 257 g/mol. The highest BCUT2D eigenvalue weighted by Crippen LogP contribution is 2.25. The smallest absolute Gasteiger partial charge is 0.289 e. The van der Waals surface area contributed by atoms with Crippen LogP contribution in [0.25, 0.3) is 0 Å². The number of hydrogen-bond donors (Lipinski definition) is 1. The fourth-order valence-electron chi connectivity index (χ4n) is 2.79. The van der Waals surface area contributed by atoms with Gasteiger partial charge in [-0.05, 0) is 37.4 Å². The third-order valence-electron chi connectivity index (χ3n) is 3.67. The average Bonchev–Trinajstić information content (AvgIpc) is 2.98. The molecule has 0 aliphatic carbocycles. The number of carbonyl (C=O) groups is 1. The molecule has 0 spiro atoms. The molecule has 3 heterocycles. The van der Waals surface area contributed by atoms with Crippen molar-refractivity contribution in [3.8, 4) is 0 Å². The zero-order valence-electron chi connectivity index (χ0n) is 9.59. The zero-order valence-corrected chi connectivity index (χ0v) is 10.4. The Morgan fingerprint density at radius 2 is 2.35 bits per heavy atom. The van der Waals surface area contributed by atoms with Crippen molar-refractivity contribution < 1.29 is 9.21 Å². The van der Waals surface area contributed by atoms with Gasteiger partial charge < -0.3 is 14.6 Å². The minimum atomic E-state index is 0. The Morgan fingerprint density at radius 3 is 3.12 bits per heavy atom. The number of fused-ring (bicyclic) bond motifs is 1. The molecule has 0 bridgehead atoms. The molecule has 0 aromatic carbocycles. The number of rotatable bonds is 1. The Bertz CT molecular complexity index is 380. The first-order chi connectivity index (χ1) is 7.84. The predicted molar refractivity (Wildman–Crippen MR) is 66.4 cm³/mol. The molecule has 94 valence electrons. The minimum absolute atomic E-state index is 0. The van der Waals surface area contributed by atoms with Gasteiger partial charge in [0.05, 0.1) is 6.26 Å². The summed E-state index contributed by atoms with van der Waals surface area (Å²) in [6.45, 7) is 2.81. The molecule has 1 amide bonds. The predicted octanol–water partition coefficient (Wildman–Crippen LogP) is 1.53. The monoisotopic (exact) mass is 256 g/mol. The van der Waals surface area contributed by atoms with E-state index in [4.69, 9.17) is 4.42 Å². The quantitative estimate of drug-likeness (QED) is 0.829. The molecule has 2 saturated heterocycles. The maximum absolute atomic E-state index is 12.1. The first-order valence-electron chi connectivity index (χ1n) is 5.91. The topological polar surface area (TPSA) is 45.5 Å². The van der Waals surface area contributed by atoms with Gasteiger partial charge in [0.15, 0.2) is 5.76 Å². The SMILES string of the molecule is Cl.O=C(c1ccco1)N1CCC2NCCC2C1. The number of furan rings is 1. The second-order valence-corrected chi connectivity index (χ2v) is 4.63. The van der Waals surface area contributed by atoms with Gasteiger partial charge >= 0.3 is 0 Å². The summed E-state index contributed by atoms with van der Waals surface area (Å²) in [4.78, 5) is 14.0. The fraction of sp³-hybridized carbons (Fsp3) is 0.583. The standard InChI is InChI=1S/C12H16N2O2.ClH/c15-12(11-2-1-7-16-11)14-6-4-10-9(8-14)3-5-13-10;/h1-2,7,9-10,13H,3-6,8H2;1H. The van der Waals surface area contributed by atoms with Crippen LogP contribution in [-0.4, -0.2) is 36.5 Å². The van der Waals surface area contributed by atoms with E-state index in [-0.39, 0.29) is 18.3 Å². The van der Waals surface area contributed by atoms with Crippen molar-refractivity contribution in [3.05, 3.63) is 24.2 Å². The van der Waals surface area contributed by atoms with Crippen LogP contribution in [-0.2, 0) is 0 Å². The molecule has 2 fully saturated rings. The van der Waals surface area contributed by atoms with Gasteiger partial charge in [-0.25, -0.2) is 0 Å². The Balaban J connectivity index is 0.00000108. The summed E-state index contributed by atoms with van der Waals surface area (Å²) in [5, 5.41) is 3.49. The summed E-state index contributed by atoms with van der Waals surface area (Å²) >= 11 is 0. The number of likely N-dealkylation sites (tertiary alicyclic amines) is 1. The molecule has 1 aromatic rings. The van der Waals surface area contributed by atoms with Crippen molar-refractivity contribution in [1.29, 1.82) is 0 Å². The van der Waals surface area contributed by atoms with Crippen molar-refractivity contribution in [1.82, 2.24) is 10.2 Å². The molecule has 4 nitrogen and oxygen atoms in total. The number of nitrogens with zero attached hydrogens (tertiary/aromatic N) is 1. The van der Waals surface area contributed by atoms with Gasteiger partial charge in [0.2, 0.25) is 0 Å². The molecule has 2 unspecified atom stereocenters. The Kier molecular flexibility index (Phi) is 3.74. The van der Waals surface area contributed by atoms with Crippen LogP contribution in [0.5, 0.6) is 0 Å². The van der Waals surface area contributed by atoms with Gasteiger partial charge in [-0.15, -0.1) is 12.4 Å². The van der Waals surface area contributed by atoms with E-state index in [0.29, 0.717) is 17.7 Å². The van der Waals surface area contributed by atoms with Crippen LogP contribution in [0.3, 0.4) is 0 Å². The normalized spacial score (nSPS) is 27.4. The number of piperidine rings is 1. The van der Waals surface area contributed by atoms with Gasteiger partial charge in [-0.3, -0.25) is 4.79 Å². The second kappa shape index (κ2) is 5.10. The van der Waals surface area contributed by atoms with Gasteiger partial charge in [0.1, 0.15) is 0 Å². The van der Waals surface area contributed by atoms with Crippen LogP contribution < -0.4 is 5.32 Å². The summed E-state index contributed by atoms with van der Waals surface area (Å²) in [7, 11) is 0. The molecule has 3 rings (SSSR count). The van der Waals surface area contributed by atoms with Crippen LogP contribution in [0.2, 0.25) is 0 Å². The number of halogens is 1. The summed E-state index contributed by atoms with van der Waals surface area (Å²) in [6, 6.07) is 4.12. The van der Waals surface area contributed by atoms with E-state index in [1.165, 1.54) is 6.42 Å². The molecule has 2 aliphatic rings. The number of carbonyl (C=O) groups excluding carboxylic acids is 1. The Morgan fingerprint density at radius 1 is 1.47 bits per heavy atom. The lowest BCUT2D eigenvalue weighted by molar-refractivity contribution is 0.0630. The van der Waals surface area contributed by atoms with E-state index in [1.54, 1.807) is 18.4 Å². The lowest BCUT2D eigenvalue weighted by atomic mass is 9.93. The minimum Gasteiger partial charge on any atom is -0.459 e. The van der Waals surface area contributed by atoms with E-state index < -0.39 is 0 Å². The highest BCUT2D eigenvalue weighted by Gasteiger charge is 2.34. The summed E-state index contributed by atoms with van der Waals surface area (Å²) in [5.41, 5.74) is 0. The number of nitrogens with one attached hydrogen (secondary N) is 1. The summed E-state index contributed by atoms with van der Waals surface area (Å²) in [6.07, 6.45) is 3.81. The number of hydrogen-bond acceptors (Lipinski definition) is 3. The molecule has 17 heavy (non-hydrogen) atoms. The highest BCUT2D eigenvalue weighted by atomic mass is 35.5. The van der Waals surface area contributed by atoms with Gasteiger partial charge in [0.25, 0.3) is 5.91 Å². The van der Waals surface area contributed by atoms with Crippen LogP contribution in [0, 0.1) is 5.92 Å². The maximum Gasteiger partial charge on any atom is 0.289 e. The lowest BCUT2D eigenvalue weighted by Gasteiger charge is -2.34. The van der Waals surface area contributed by atoms with Crippen molar-refractivity contribution >= 4 is 18.3 Å². The van der Waals surface area contributed by atoms with E-state index in [2.05, 4.69) is 5.32 Å². The molecule has 2 atom stereocenters. The molecular weight excluding hydrogens is 240 g/mol. The first-order valence-corrected chi connectivity index (χ1v) is 5.91. The lowest BCUT2D eigenvalue weighted by Crippen LogP contribution is -2.46. The van der Waals surface area contributed by atoms with Gasteiger partial charge in [-0.2, -0.15) is 0 Å². The molecule has 1 N–H and O–H groups in total. The number of amides is 1. The van der Waals surface area contributed by atoms with Crippen LogP contribution in [0.4, 0.5) is 0 Å². The van der Waals surface area contributed by atoms with Crippen LogP contribution in [0.15, 0.2) is 22.8 Å². The van der Waals surface area contributed by atoms with Gasteiger partial charge in [0, 0.05) is 19.1 Å². The molecule has 0 saturated carbocycles. The molecule has 5 heteroatoms. The largest absolute Gasteiger partial charge is 0.459 e. The molecule has 0 radical (unpaired) electrons. The summed E-state index contributed by atoms with van der Waals surface area (Å²) in [5.74, 6) is 1.13. The summed E-state index contributed by atoms with van der Waals surface area (Å²) < 4.78 is 5.15. The van der Waals surface area contributed by atoms with Crippen molar-refractivity contribution in [2.24, 2.45) is 5.92 Å². The van der Waals surface area contributed by atoms with Crippen molar-refractivity contribution in [3.63, 3.8) is 0 Å². The van der Waals surface area contributed by atoms with E-state index in [0.717, 1.165) is 26.1 Å². The van der Waals surface area contributed by atoms with Crippen molar-refractivity contribution in [2.45, 2.75) is 18.9 Å². The molecule has 2 aliphatic heterocycles.